The molecule has 0 aliphatic rings. The summed E-state index contributed by atoms with van der Waals surface area (Å²) in [6.07, 6.45) is 2.03. The van der Waals surface area contributed by atoms with Crippen molar-refractivity contribution < 1.29 is 0 Å². The van der Waals surface area contributed by atoms with Gasteiger partial charge in [-0.15, -0.1) is 0 Å². The highest BCUT2D eigenvalue weighted by Gasteiger charge is 2.09. The molecule has 0 atom stereocenters. The summed E-state index contributed by atoms with van der Waals surface area (Å²) in [4.78, 5) is 0. The highest BCUT2D eigenvalue weighted by Crippen LogP contribution is 2.06. The summed E-state index contributed by atoms with van der Waals surface area (Å²) in [6.45, 7) is 11.6. The third-order valence-corrected chi connectivity index (χ3v) is 1.99. The van der Waals surface area contributed by atoms with Gasteiger partial charge in [0.25, 0.3) is 0 Å². The number of rotatable bonds is 3. The molecule has 80 valence electrons. The van der Waals surface area contributed by atoms with Gasteiger partial charge in [0.2, 0.25) is 0 Å². The van der Waals surface area contributed by atoms with Crippen LogP contribution in [0.5, 0.6) is 0 Å². The van der Waals surface area contributed by atoms with Crippen molar-refractivity contribution in [1.29, 1.82) is 0 Å². The predicted molar refractivity (Wildman–Crippen MR) is 59.2 cm³/mol. The van der Waals surface area contributed by atoms with Crippen LogP contribution >= 0.6 is 0 Å². The molecule has 0 radical (unpaired) electrons. The zero-order valence-corrected chi connectivity index (χ0v) is 9.83. The van der Waals surface area contributed by atoms with Crippen LogP contribution in [0.3, 0.4) is 0 Å². The van der Waals surface area contributed by atoms with Gasteiger partial charge in [-0.25, -0.2) is 0 Å². The molecule has 0 spiro atoms. The van der Waals surface area contributed by atoms with Gasteiger partial charge in [-0.2, -0.15) is 5.10 Å². The molecule has 1 heterocycles. The van der Waals surface area contributed by atoms with Gasteiger partial charge < -0.3 is 5.32 Å². The van der Waals surface area contributed by atoms with Crippen molar-refractivity contribution in [2.45, 2.75) is 52.7 Å². The van der Waals surface area contributed by atoms with E-state index in [-0.39, 0.29) is 5.54 Å². The molecule has 1 rings (SSSR count). The standard InChI is InChI=1S/C11H21N3/c1-9(2)14-7-6-10(13-14)8-12-11(3,4)5/h6-7,9,12H,8H2,1-5H3. The second kappa shape index (κ2) is 4.13. The van der Waals surface area contributed by atoms with Gasteiger partial charge in [0.15, 0.2) is 0 Å². The van der Waals surface area contributed by atoms with E-state index >= 15 is 0 Å². The second-order valence-corrected chi connectivity index (χ2v) is 4.98. The van der Waals surface area contributed by atoms with E-state index in [4.69, 9.17) is 0 Å². The molecule has 0 fully saturated rings. The van der Waals surface area contributed by atoms with Crippen LogP contribution in [0.25, 0.3) is 0 Å². The number of hydrogen-bond acceptors (Lipinski definition) is 2. The maximum Gasteiger partial charge on any atom is 0.0762 e. The normalized spacial score (nSPS) is 12.4. The number of hydrogen-bond donors (Lipinski definition) is 1. The van der Waals surface area contributed by atoms with E-state index in [2.05, 4.69) is 51.1 Å². The second-order valence-electron chi connectivity index (χ2n) is 4.98. The van der Waals surface area contributed by atoms with E-state index in [1.807, 2.05) is 10.9 Å². The van der Waals surface area contributed by atoms with Crippen LogP contribution in [0.4, 0.5) is 0 Å². The number of aromatic nitrogens is 2. The summed E-state index contributed by atoms with van der Waals surface area (Å²) >= 11 is 0. The average molecular weight is 195 g/mol. The molecule has 0 unspecified atom stereocenters. The highest BCUT2D eigenvalue weighted by molar-refractivity contribution is 4.99. The van der Waals surface area contributed by atoms with Gasteiger partial charge >= 0.3 is 0 Å². The SMILES string of the molecule is CC(C)n1ccc(CNC(C)(C)C)n1. The lowest BCUT2D eigenvalue weighted by molar-refractivity contribution is 0.417. The van der Waals surface area contributed by atoms with Crippen molar-refractivity contribution in [2.24, 2.45) is 0 Å². The van der Waals surface area contributed by atoms with Gasteiger partial charge in [-0.1, -0.05) is 0 Å². The Balaban J connectivity index is 2.52. The molecule has 1 N–H and O–H groups in total. The van der Waals surface area contributed by atoms with Crippen LogP contribution in [0.1, 0.15) is 46.4 Å². The van der Waals surface area contributed by atoms with Gasteiger partial charge in [0, 0.05) is 24.3 Å². The Morgan fingerprint density at radius 3 is 2.50 bits per heavy atom. The molecule has 0 saturated heterocycles. The van der Waals surface area contributed by atoms with E-state index in [0.29, 0.717) is 6.04 Å². The minimum absolute atomic E-state index is 0.154. The lowest BCUT2D eigenvalue weighted by Gasteiger charge is -2.19. The van der Waals surface area contributed by atoms with Crippen LogP contribution in [-0.4, -0.2) is 15.3 Å². The summed E-state index contributed by atoms with van der Waals surface area (Å²) in [5, 5.41) is 7.88. The van der Waals surface area contributed by atoms with E-state index in [1.165, 1.54) is 0 Å². The Bertz CT molecular complexity index is 281. The first kappa shape index (κ1) is 11.2. The molecule has 0 amide bonds. The summed E-state index contributed by atoms with van der Waals surface area (Å²) in [7, 11) is 0. The first-order valence-electron chi connectivity index (χ1n) is 5.17. The monoisotopic (exact) mass is 195 g/mol. The maximum atomic E-state index is 4.47. The van der Waals surface area contributed by atoms with Gasteiger partial charge in [0.1, 0.15) is 0 Å². The molecule has 0 aliphatic carbocycles. The van der Waals surface area contributed by atoms with Crippen LogP contribution < -0.4 is 5.32 Å². The van der Waals surface area contributed by atoms with Crippen LogP contribution in [0.15, 0.2) is 12.3 Å². The van der Waals surface area contributed by atoms with E-state index in [0.717, 1.165) is 12.2 Å². The fourth-order valence-electron chi connectivity index (χ4n) is 1.11. The van der Waals surface area contributed by atoms with Gasteiger partial charge in [-0.05, 0) is 40.7 Å². The topological polar surface area (TPSA) is 29.9 Å². The molecule has 1 aromatic rings. The quantitative estimate of drug-likeness (QED) is 0.802. The largest absolute Gasteiger partial charge is 0.306 e. The minimum atomic E-state index is 0.154. The smallest absolute Gasteiger partial charge is 0.0762 e. The van der Waals surface area contributed by atoms with E-state index in [9.17, 15) is 0 Å². The Morgan fingerprint density at radius 1 is 1.43 bits per heavy atom. The van der Waals surface area contributed by atoms with Gasteiger partial charge in [0.05, 0.1) is 5.69 Å². The number of nitrogens with zero attached hydrogens (tertiary/aromatic N) is 2. The summed E-state index contributed by atoms with van der Waals surface area (Å²) in [5.41, 5.74) is 1.26. The summed E-state index contributed by atoms with van der Waals surface area (Å²) < 4.78 is 1.99. The maximum absolute atomic E-state index is 4.47. The molecular weight excluding hydrogens is 174 g/mol. The van der Waals surface area contributed by atoms with Crippen molar-refractivity contribution in [3.63, 3.8) is 0 Å². The number of nitrogens with one attached hydrogen (secondary N) is 1. The van der Waals surface area contributed by atoms with Crippen molar-refractivity contribution in [3.8, 4) is 0 Å². The fraction of sp³-hybridized carbons (Fsp3) is 0.727. The highest BCUT2D eigenvalue weighted by atomic mass is 15.3. The molecular formula is C11H21N3. The minimum Gasteiger partial charge on any atom is -0.306 e. The predicted octanol–water partition coefficient (Wildman–Crippen LogP) is 2.35. The fourth-order valence-corrected chi connectivity index (χ4v) is 1.11. The molecule has 0 aliphatic heterocycles. The van der Waals surface area contributed by atoms with Crippen LogP contribution in [0.2, 0.25) is 0 Å². The molecule has 0 saturated carbocycles. The molecule has 0 bridgehead atoms. The zero-order valence-electron chi connectivity index (χ0n) is 9.83. The molecule has 14 heavy (non-hydrogen) atoms. The third kappa shape index (κ3) is 3.50. The van der Waals surface area contributed by atoms with Crippen molar-refractivity contribution in [3.05, 3.63) is 18.0 Å². The lowest BCUT2D eigenvalue weighted by atomic mass is 10.1. The summed E-state index contributed by atoms with van der Waals surface area (Å²) in [5.74, 6) is 0. The summed E-state index contributed by atoms with van der Waals surface area (Å²) in [6, 6.07) is 2.51. The van der Waals surface area contributed by atoms with Crippen molar-refractivity contribution >= 4 is 0 Å². The molecule has 1 aromatic heterocycles. The zero-order chi connectivity index (χ0) is 10.8. The Hall–Kier alpha value is -0.830. The van der Waals surface area contributed by atoms with E-state index < -0.39 is 0 Å². The Morgan fingerprint density at radius 2 is 2.07 bits per heavy atom. The first-order valence-corrected chi connectivity index (χ1v) is 5.17. The first-order chi connectivity index (χ1) is 6.38. The lowest BCUT2D eigenvalue weighted by Crippen LogP contribution is -2.35. The molecule has 0 aromatic carbocycles. The van der Waals surface area contributed by atoms with Crippen LogP contribution in [0, 0.1) is 0 Å². The molecule has 3 nitrogen and oxygen atoms in total. The van der Waals surface area contributed by atoms with E-state index in [1.54, 1.807) is 0 Å². The van der Waals surface area contributed by atoms with Crippen molar-refractivity contribution in [2.75, 3.05) is 0 Å². The Labute approximate surface area is 86.5 Å². The van der Waals surface area contributed by atoms with Crippen molar-refractivity contribution in [1.82, 2.24) is 15.1 Å². The average Bonchev–Trinajstić information content (AvgIpc) is 2.47. The Kier molecular flexibility index (Phi) is 3.32. The van der Waals surface area contributed by atoms with Crippen LogP contribution in [-0.2, 0) is 6.54 Å². The van der Waals surface area contributed by atoms with Gasteiger partial charge in [-0.3, -0.25) is 4.68 Å². The third-order valence-electron chi connectivity index (χ3n) is 1.99. The molecule has 3 heteroatoms.